The number of piperidine rings is 1. The third-order valence-electron chi connectivity index (χ3n) is 4.66. The summed E-state index contributed by atoms with van der Waals surface area (Å²) in [4.78, 5) is 35.6. The third-order valence-corrected chi connectivity index (χ3v) is 4.66. The molecule has 2 aromatic rings. The van der Waals surface area contributed by atoms with Gasteiger partial charge >= 0.3 is 6.03 Å². The quantitative estimate of drug-likeness (QED) is 0.755. The highest BCUT2D eigenvalue weighted by molar-refractivity contribution is 5.74. The van der Waals surface area contributed by atoms with Crippen LogP contribution in [0, 0.1) is 0 Å². The van der Waals surface area contributed by atoms with E-state index in [9.17, 15) is 9.59 Å². The van der Waals surface area contributed by atoms with E-state index in [1.807, 2.05) is 24.0 Å². The number of carbonyl (C=O) groups is 1. The summed E-state index contributed by atoms with van der Waals surface area (Å²) in [5, 5.41) is 5.83. The van der Waals surface area contributed by atoms with Crippen LogP contribution in [0.2, 0.25) is 0 Å². The Labute approximate surface area is 158 Å². The summed E-state index contributed by atoms with van der Waals surface area (Å²) < 4.78 is 1.60. The SMILES string of the molecule is C=CCn1c(=O)c(N2CCC(NC(=O)NCCC)CC2)nc2cccnc21. The normalized spacial score (nSPS) is 14.9. The zero-order valence-electron chi connectivity index (χ0n) is 15.6. The highest BCUT2D eigenvalue weighted by atomic mass is 16.2. The highest BCUT2D eigenvalue weighted by Crippen LogP contribution is 2.17. The van der Waals surface area contributed by atoms with E-state index in [4.69, 9.17) is 0 Å². The van der Waals surface area contributed by atoms with Gasteiger partial charge < -0.3 is 15.5 Å². The molecule has 0 unspecified atom stereocenters. The fourth-order valence-corrected chi connectivity index (χ4v) is 3.28. The van der Waals surface area contributed by atoms with Gasteiger partial charge in [0.1, 0.15) is 5.52 Å². The van der Waals surface area contributed by atoms with Crippen LogP contribution in [0.5, 0.6) is 0 Å². The molecule has 0 radical (unpaired) electrons. The Hall–Kier alpha value is -2.90. The van der Waals surface area contributed by atoms with Crippen LogP contribution in [0.25, 0.3) is 11.2 Å². The third kappa shape index (κ3) is 4.27. The molecule has 0 bridgehead atoms. The lowest BCUT2D eigenvalue weighted by Gasteiger charge is -2.33. The van der Waals surface area contributed by atoms with Gasteiger partial charge in [0, 0.05) is 38.4 Å². The fourth-order valence-electron chi connectivity index (χ4n) is 3.28. The minimum absolute atomic E-state index is 0.107. The number of carbonyl (C=O) groups excluding carboxylic acids is 1. The molecule has 2 amide bonds. The Kier molecular flexibility index (Phi) is 6.05. The topological polar surface area (TPSA) is 92.2 Å². The summed E-state index contributed by atoms with van der Waals surface area (Å²) in [7, 11) is 0. The van der Waals surface area contributed by atoms with E-state index < -0.39 is 0 Å². The molecule has 0 spiro atoms. The van der Waals surface area contributed by atoms with Crippen LogP contribution in [-0.2, 0) is 6.54 Å². The van der Waals surface area contributed by atoms with E-state index in [1.165, 1.54) is 0 Å². The summed E-state index contributed by atoms with van der Waals surface area (Å²) in [6, 6.07) is 3.65. The number of amides is 2. The molecule has 2 N–H and O–H groups in total. The Balaban J connectivity index is 1.75. The lowest BCUT2D eigenvalue weighted by Crippen LogP contribution is -2.49. The van der Waals surface area contributed by atoms with Crippen molar-refractivity contribution < 1.29 is 4.79 Å². The Morgan fingerprint density at radius 1 is 1.41 bits per heavy atom. The van der Waals surface area contributed by atoms with Gasteiger partial charge in [-0.2, -0.15) is 0 Å². The molecule has 3 heterocycles. The standard InChI is InChI=1S/C19H26N6O2/c1-3-9-21-19(27)22-14-7-12-24(13-8-14)17-18(26)25(11-4-2)16-15(23-17)6-5-10-20-16/h4-6,10,14H,2-3,7-9,11-13H2,1H3,(H2,21,22,27). The number of nitrogens with zero attached hydrogens (tertiary/aromatic N) is 4. The molecule has 8 heteroatoms. The van der Waals surface area contributed by atoms with Crippen molar-refractivity contribution in [3.63, 3.8) is 0 Å². The number of aromatic nitrogens is 3. The van der Waals surface area contributed by atoms with Crippen molar-refractivity contribution in [3.8, 4) is 0 Å². The second-order valence-electron chi connectivity index (χ2n) is 6.65. The van der Waals surface area contributed by atoms with Gasteiger partial charge in [0.05, 0.1) is 0 Å². The number of fused-ring (bicyclic) bond motifs is 1. The van der Waals surface area contributed by atoms with E-state index in [0.29, 0.717) is 43.2 Å². The molecule has 0 atom stereocenters. The Bertz CT molecular complexity index is 870. The van der Waals surface area contributed by atoms with Gasteiger partial charge in [-0.25, -0.2) is 14.8 Å². The van der Waals surface area contributed by atoms with E-state index >= 15 is 0 Å². The van der Waals surface area contributed by atoms with Crippen LogP contribution in [-0.4, -0.2) is 46.2 Å². The number of urea groups is 1. The molecule has 8 nitrogen and oxygen atoms in total. The zero-order chi connectivity index (χ0) is 19.2. The number of nitrogens with one attached hydrogen (secondary N) is 2. The maximum atomic E-state index is 12.9. The maximum absolute atomic E-state index is 12.9. The fraction of sp³-hybridized carbons (Fsp3) is 0.474. The Morgan fingerprint density at radius 3 is 2.89 bits per heavy atom. The van der Waals surface area contributed by atoms with Crippen molar-refractivity contribution >= 4 is 23.0 Å². The summed E-state index contributed by atoms with van der Waals surface area (Å²) >= 11 is 0. The number of hydrogen-bond donors (Lipinski definition) is 2. The van der Waals surface area contributed by atoms with Crippen molar-refractivity contribution in [1.29, 1.82) is 0 Å². The van der Waals surface area contributed by atoms with Gasteiger partial charge in [-0.3, -0.25) is 9.36 Å². The maximum Gasteiger partial charge on any atom is 0.315 e. The average molecular weight is 370 g/mol. The molecule has 27 heavy (non-hydrogen) atoms. The van der Waals surface area contributed by atoms with Crippen molar-refractivity contribution in [1.82, 2.24) is 25.2 Å². The van der Waals surface area contributed by atoms with Gasteiger partial charge in [0.15, 0.2) is 11.5 Å². The number of allylic oxidation sites excluding steroid dienone is 1. The first-order valence-electron chi connectivity index (χ1n) is 9.39. The number of hydrogen-bond acceptors (Lipinski definition) is 5. The molecule has 1 fully saturated rings. The average Bonchev–Trinajstić information content (AvgIpc) is 2.69. The molecule has 0 aromatic carbocycles. The van der Waals surface area contributed by atoms with E-state index in [-0.39, 0.29) is 17.6 Å². The lowest BCUT2D eigenvalue weighted by molar-refractivity contribution is 0.234. The predicted molar refractivity (Wildman–Crippen MR) is 106 cm³/mol. The van der Waals surface area contributed by atoms with Gasteiger partial charge in [-0.05, 0) is 31.4 Å². The minimum Gasteiger partial charge on any atom is -0.352 e. The minimum atomic E-state index is -0.159. The first-order chi connectivity index (χ1) is 13.1. The van der Waals surface area contributed by atoms with Crippen LogP contribution < -0.4 is 21.1 Å². The monoisotopic (exact) mass is 370 g/mol. The van der Waals surface area contributed by atoms with E-state index in [1.54, 1.807) is 16.8 Å². The highest BCUT2D eigenvalue weighted by Gasteiger charge is 2.24. The summed E-state index contributed by atoms with van der Waals surface area (Å²) in [5.74, 6) is 0.436. The van der Waals surface area contributed by atoms with Crippen LogP contribution in [0.1, 0.15) is 26.2 Å². The summed E-state index contributed by atoms with van der Waals surface area (Å²) in [6.45, 7) is 8.15. The Morgan fingerprint density at radius 2 is 2.19 bits per heavy atom. The second-order valence-corrected chi connectivity index (χ2v) is 6.65. The van der Waals surface area contributed by atoms with Gasteiger partial charge in [0.2, 0.25) is 0 Å². The molecule has 3 rings (SSSR count). The number of pyridine rings is 1. The molecule has 144 valence electrons. The largest absolute Gasteiger partial charge is 0.352 e. The van der Waals surface area contributed by atoms with Gasteiger partial charge in [-0.15, -0.1) is 6.58 Å². The molecule has 0 aliphatic carbocycles. The molecular formula is C19H26N6O2. The van der Waals surface area contributed by atoms with Crippen molar-refractivity contribution in [2.24, 2.45) is 0 Å². The molecular weight excluding hydrogens is 344 g/mol. The van der Waals surface area contributed by atoms with Gasteiger partial charge in [0.25, 0.3) is 5.56 Å². The molecule has 0 saturated carbocycles. The smallest absolute Gasteiger partial charge is 0.315 e. The summed E-state index contributed by atoms with van der Waals surface area (Å²) in [6.07, 6.45) is 5.79. The predicted octanol–water partition coefficient (Wildman–Crippen LogP) is 1.66. The van der Waals surface area contributed by atoms with Crippen LogP contribution in [0.3, 0.4) is 0 Å². The van der Waals surface area contributed by atoms with Crippen LogP contribution in [0.4, 0.5) is 10.6 Å². The summed E-state index contributed by atoms with van der Waals surface area (Å²) in [5.41, 5.74) is 1.09. The molecule has 1 saturated heterocycles. The van der Waals surface area contributed by atoms with Crippen molar-refractivity contribution in [2.45, 2.75) is 38.8 Å². The first kappa shape index (κ1) is 18.9. The second kappa shape index (κ2) is 8.66. The van der Waals surface area contributed by atoms with E-state index in [2.05, 4.69) is 27.2 Å². The van der Waals surface area contributed by atoms with Crippen molar-refractivity contribution in [3.05, 3.63) is 41.3 Å². The zero-order valence-corrected chi connectivity index (χ0v) is 15.6. The number of rotatable bonds is 6. The van der Waals surface area contributed by atoms with Crippen LogP contribution in [0.15, 0.2) is 35.8 Å². The molecule has 1 aliphatic rings. The van der Waals surface area contributed by atoms with Crippen LogP contribution >= 0.6 is 0 Å². The van der Waals surface area contributed by atoms with E-state index in [0.717, 1.165) is 19.3 Å². The van der Waals surface area contributed by atoms with Crippen molar-refractivity contribution in [2.75, 3.05) is 24.5 Å². The molecule has 1 aliphatic heterocycles. The van der Waals surface area contributed by atoms with Gasteiger partial charge in [-0.1, -0.05) is 13.0 Å². The number of anilines is 1. The lowest BCUT2D eigenvalue weighted by atomic mass is 10.1. The molecule has 2 aromatic heterocycles. The first-order valence-corrected chi connectivity index (χ1v) is 9.39.